The zero-order valence-electron chi connectivity index (χ0n) is 18.6. The van der Waals surface area contributed by atoms with Crippen molar-refractivity contribution in [2.24, 2.45) is 11.8 Å². The van der Waals surface area contributed by atoms with Gasteiger partial charge in [0.15, 0.2) is 0 Å². The molecule has 2 aliphatic carbocycles. The average Bonchev–Trinajstić information content (AvgIpc) is 3.20. The zero-order chi connectivity index (χ0) is 21.1. The molecule has 1 amide bonds. The van der Waals surface area contributed by atoms with E-state index >= 15 is 0 Å². The van der Waals surface area contributed by atoms with E-state index in [4.69, 9.17) is 4.74 Å². The molecule has 0 aromatic heterocycles. The highest BCUT2D eigenvalue weighted by molar-refractivity contribution is 5.74. The monoisotopic (exact) mass is 417 g/mol. The highest BCUT2D eigenvalue weighted by Crippen LogP contribution is 2.37. The third kappa shape index (κ3) is 4.83. The van der Waals surface area contributed by atoms with E-state index in [0.717, 1.165) is 45.2 Å². The second kappa shape index (κ2) is 9.95. The molecule has 4 fully saturated rings. The molecule has 7 heteroatoms. The maximum Gasteiger partial charge on any atom is 0.219 e. The maximum absolute atomic E-state index is 12.2. The topological polar surface area (TPSA) is 89.4 Å². The van der Waals surface area contributed by atoms with Crippen molar-refractivity contribution >= 4 is 5.91 Å². The molecule has 8 unspecified atom stereocenters. The number of hydrogen-bond acceptors (Lipinski definition) is 6. The lowest BCUT2D eigenvalue weighted by Gasteiger charge is -2.43. The van der Waals surface area contributed by atoms with E-state index < -0.39 is 0 Å². The molecule has 8 atom stereocenters. The van der Waals surface area contributed by atoms with Gasteiger partial charge in [-0.25, -0.2) is 0 Å². The van der Waals surface area contributed by atoms with Crippen molar-refractivity contribution in [2.75, 3.05) is 20.2 Å². The zero-order valence-corrected chi connectivity index (χ0v) is 18.6. The van der Waals surface area contributed by atoms with E-state index in [-0.39, 0.29) is 24.1 Å². The Kier molecular flexibility index (Phi) is 7.30. The highest BCUT2D eigenvalue weighted by Gasteiger charge is 2.43. The molecule has 2 heterocycles. The van der Waals surface area contributed by atoms with Gasteiger partial charge in [-0.3, -0.25) is 10.1 Å². The fraction of sp³-hybridized carbons (Fsp3) is 0.913. The van der Waals surface area contributed by atoms with E-state index in [1.807, 2.05) is 0 Å². The molecule has 0 bridgehead atoms. The predicted octanol–water partition coefficient (Wildman–Crippen LogP) is 1.74. The molecule has 30 heavy (non-hydrogen) atoms. The number of carbonyl (C=O) groups is 1. The number of nitriles is 1. The number of hydrogen-bond donors (Lipinski definition) is 3. The Balaban J connectivity index is 1.33. The number of amides is 1. The van der Waals surface area contributed by atoms with Crippen molar-refractivity contribution in [2.45, 2.75) is 101 Å². The van der Waals surface area contributed by atoms with Crippen molar-refractivity contribution in [3.8, 4) is 6.07 Å². The van der Waals surface area contributed by atoms with E-state index in [1.165, 1.54) is 25.7 Å². The lowest BCUT2D eigenvalue weighted by Crippen LogP contribution is -2.61. The molecular formula is C23H39N5O2. The van der Waals surface area contributed by atoms with Gasteiger partial charge in [0.25, 0.3) is 0 Å². The van der Waals surface area contributed by atoms with Crippen LogP contribution in [0.4, 0.5) is 0 Å². The minimum Gasteiger partial charge on any atom is -0.380 e. The van der Waals surface area contributed by atoms with Crippen LogP contribution in [0.2, 0.25) is 0 Å². The summed E-state index contributed by atoms with van der Waals surface area (Å²) in [4.78, 5) is 14.3. The maximum atomic E-state index is 12.2. The molecule has 168 valence electrons. The van der Waals surface area contributed by atoms with Crippen LogP contribution >= 0.6 is 0 Å². The first-order valence-corrected chi connectivity index (χ1v) is 12.0. The minimum absolute atomic E-state index is 0.111. The van der Waals surface area contributed by atoms with Crippen LogP contribution in [0.15, 0.2) is 0 Å². The second-order valence-corrected chi connectivity index (χ2v) is 9.87. The summed E-state index contributed by atoms with van der Waals surface area (Å²) in [6.07, 6.45) is 10.2. The SMILES string of the molecule is COC1CC(C#N)CCC1NC1CC(NC2CCCC3CCN(C(C)=O)C32)CCN1. The Morgan fingerprint density at radius 2 is 1.97 bits per heavy atom. The van der Waals surface area contributed by atoms with Crippen LogP contribution in [0.25, 0.3) is 0 Å². The Hall–Kier alpha value is -1.20. The smallest absolute Gasteiger partial charge is 0.219 e. The molecule has 2 saturated carbocycles. The van der Waals surface area contributed by atoms with Crippen LogP contribution in [0.1, 0.15) is 64.7 Å². The van der Waals surface area contributed by atoms with Crippen LogP contribution < -0.4 is 16.0 Å². The van der Waals surface area contributed by atoms with Crippen molar-refractivity contribution in [1.82, 2.24) is 20.9 Å². The minimum atomic E-state index is 0.111. The fourth-order valence-corrected chi connectivity index (χ4v) is 6.51. The average molecular weight is 418 g/mol. The first kappa shape index (κ1) is 22.0. The Morgan fingerprint density at radius 3 is 2.73 bits per heavy atom. The lowest BCUT2D eigenvalue weighted by molar-refractivity contribution is -0.131. The lowest BCUT2D eigenvalue weighted by atomic mass is 9.80. The van der Waals surface area contributed by atoms with Gasteiger partial charge in [-0.05, 0) is 63.8 Å². The van der Waals surface area contributed by atoms with E-state index in [9.17, 15) is 10.1 Å². The van der Waals surface area contributed by atoms with Crippen LogP contribution in [-0.2, 0) is 9.53 Å². The Bertz CT molecular complexity index is 638. The summed E-state index contributed by atoms with van der Waals surface area (Å²) in [7, 11) is 1.76. The number of methoxy groups -OCH3 is 1. The summed E-state index contributed by atoms with van der Waals surface area (Å²) in [6.45, 7) is 3.66. The standard InChI is InChI=1S/C23H39N5O2/c1-15(29)28-11-9-17-4-3-5-20(23(17)28)26-18-8-10-25-22(13-18)27-19-7-6-16(14-24)12-21(19)30-2/h16-23,25-27H,3-13H2,1-2H3. The summed E-state index contributed by atoms with van der Waals surface area (Å²) in [5.74, 6) is 1.03. The number of fused-ring (bicyclic) bond motifs is 1. The van der Waals surface area contributed by atoms with E-state index in [0.29, 0.717) is 30.1 Å². The number of piperidine rings is 1. The summed E-state index contributed by atoms with van der Waals surface area (Å²) in [5, 5.41) is 20.7. The first-order chi connectivity index (χ1) is 14.6. The summed E-state index contributed by atoms with van der Waals surface area (Å²) in [5.41, 5.74) is 0. The van der Waals surface area contributed by atoms with E-state index in [1.54, 1.807) is 14.0 Å². The van der Waals surface area contributed by atoms with Crippen LogP contribution in [0.5, 0.6) is 0 Å². The molecule has 0 spiro atoms. The fourth-order valence-electron chi connectivity index (χ4n) is 6.51. The highest BCUT2D eigenvalue weighted by atomic mass is 16.5. The van der Waals surface area contributed by atoms with Gasteiger partial charge in [0.05, 0.1) is 18.3 Å². The van der Waals surface area contributed by atoms with Crippen LogP contribution in [-0.4, -0.2) is 67.4 Å². The second-order valence-electron chi connectivity index (χ2n) is 9.87. The number of rotatable bonds is 5. The first-order valence-electron chi connectivity index (χ1n) is 12.0. The molecule has 2 aliphatic heterocycles. The van der Waals surface area contributed by atoms with Crippen molar-refractivity contribution in [3.63, 3.8) is 0 Å². The molecule has 2 saturated heterocycles. The van der Waals surface area contributed by atoms with Gasteiger partial charge in [-0.2, -0.15) is 5.26 Å². The number of nitrogens with one attached hydrogen (secondary N) is 3. The summed E-state index contributed by atoms with van der Waals surface area (Å²) in [6, 6.07) is 4.00. The molecule has 4 rings (SSSR count). The number of likely N-dealkylation sites (tertiary alicyclic amines) is 1. The van der Waals surface area contributed by atoms with Crippen LogP contribution in [0.3, 0.4) is 0 Å². The van der Waals surface area contributed by atoms with Crippen LogP contribution in [0, 0.1) is 23.2 Å². The molecule has 0 aromatic rings. The molecule has 7 nitrogen and oxygen atoms in total. The van der Waals surface area contributed by atoms with Gasteiger partial charge in [0.1, 0.15) is 0 Å². The van der Waals surface area contributed by atoms with Gasteiger partial charge in [0.2, 0.25) is 5.91 Å². The third-order valence-corrected chi connectivity index (χ3v) is 8.04. The largest absolute Gasteiger partial charge is 0.380 e. The summed E-state index contributed by atoms with van der Waals surface area (Å²) >= 11 is 0. The molecule has 4 aliphatic rings. The molecule has 0 aromatic carbocycles. The van der Waals surface area contributed by atoms with Gasteiger partial charge in [0, 0.05) is 50.7 Å². The predicted molar refractivity (Wildman–Crippen MR) is 116 cm³/mol. The van der Waals surface area contributed by atoms with Crippen molar-refractivity contribution in [3.05, 3.63) is 0 Å². The van der Waals surface area contributed by atoms with Gasteiger partial charge in [-0.15, -0.1) is 0 Å². The number of nitrogens with zero attached hydrogens (tertiary/aromatic N) is 2. The van der Waals surface area contributed by atoms with Gasteiger partial charge in [-0.1, -0.05) is 6.42 Å². The molecule has 0 radical (unpaired) electrons. The van der Waals surface area contributed by atoms with E-state index in [2.05, 4.69) is 26.9 Å². The van der Waals surface area contributed by atoms with Gasteiger partial charge < -0.3 is 20.3 Å². The van der Waals surface area contributed by atoms with Crippen molar-refractivity contribution in [1.29, 1.82) is 5.26 Å². The molecule has 3 N–H and O–H groups in total. The van der Waals surface area contributed by atoms with Gasteiger partial charge >= 0.3 is 0 Å². The number of ether oxygens (including phenoxy) is 1. The molecular weight excluding hydrogens is 378 g/mol. The Morgan fingerprint density at radius 1 is 1.10 bits per heavy atom. The van der Waals surface area contributed by atoms with Crippen molar-refractivity contribution < 1.29 is 9.53 Å². The third-order valence-electron chi connectivity index (χ3n) is 8.04. The number of carbonyl (C=O) groups excluding carboxylic acids is 1. The Labute approximate surface area is 181 Å². The normalized spacial score (nSPS) is 41.8. The quantitative estimate of drug-likeness (QED) is 0.631. The summed E-state index contributed by atoms with van der Waals surface area (Å²) < 4.78 is 5.71.